The summed E-state index contributed by atoms with van der Waals surface area (Å²) in [5.74, 6) is 0.723. The van der Waals surface area contributed by atoms with Crippen molar-refractivity contribution in [1.82, 2.24) is 10.2 Å². The first-order valence-corrected chi connectivity index (χ1v) is 10.4. The predicted molar refractivity (Wildman–Crippen MR) is 102 cm³/mol. The van der Waals surface area contributed by atoms with Crippen LogP contribution in [0.15, 0.2) is 30.3 Å². The molecule has 0 saturated carbocycles. The monoisotopic (exact) mass is 372 g/mol. The molecular weight excluding hydrogens is 340 g/mol. The van der Waals surface area contributed by atoms with Gasteiger partial charge < -0.3 is 15.1 Å². The van der Waals surface area contributed by atoms with E-state index in [2.05, 4.69) is 42.7 Å². The average molecular weight is 373 g/mol. The van der Waals surface area contributed by atoms with Crippen LogP contribution in [-0.4, -0.2) is 62.3 Å². The standard InChI is InChI=1S/C21H30N4O2/c1-23-13-9-21(10-14-23)19(26)25(20(27)22-21)16-24-11-7-18(8-12-24)15-17-5-3-2-4-6-17/h2-6,18H,7-16H2,1H3,(H,22,27)/p+2. The number of amides is 3. The zero-order valence-electron chi connectivity index (χ0n) is 16.3. The highest BCUT2D eigenvalue weighted by Gasteiger charge is 2.54. The molecule has 0 aliphatic carbocycles. The summed E-state index contributed by atoms with van der Waals surface area (Å²) in [5.41, 5.74) is 0.785. The molecule has 146 valence electrons. The number of imide groups is 1. The van der Waals surface area contributed by atoms with Crippen LogP contribution in [0.1, 0.15) is 31.2 Å². The van der Waals surface area contributed by atoms with Crippen LogP contribution in [0.3, 0.4) is 0 Å². The minimum absolute atomic E-state index is 0.0129. The lowest BCUT2D eigenvalue weighted by Gasteiger charge is -2.34. The number of urea groups is 1. The molecule has 3 N–H and O–H groups in total. The van der Waals surface area contributed by atoms with Crippen molar-refractivity contribution >= 4 is 11.9 Å². The Balaban J connectivity index is 1.30. The quantitative estimate of drug-likeness (QED) is 0.599. The minimum Gasteiger partial charge on any atom is -0.337 e. The maximum Gasteiger partial charge on any atom is 0.329 e. The Morgan fingerprint density at radius 2 is 1.74 bits per heavy atom. The van der Waals surface area contributed by atoms with E-state index < -0.39 is 5.54 Å². The molecule has 6 nitrogen and oxygen atoms in total. The van der Waals surface area contributed by atoms with E-state index >= 15 is 0 Å². The van der Waals surface area contributed by atoms with Crippen molar-refractivity contribution < 1.29 is 19.4 Å². The van der Waals surface area contributed by atoms with Crippen LogP contribution in [0.2, 0.25) is 0 Å². The fourth-order valence-electron chi connectivity index (χ4n) is 4.88. The van der Waals surface area contributed by atoms with Crippen LogP contribution in [0.25, 0.3) is 0 Å². The normalized spacial score (nSPS) is 34.1. The summed E-state index contributed by atoms with van der Waals surface area (Å²) in [5, 5.41) is 3.03. The first kappa shape index (κ1) is 18.4. The topological polar surface area (TPSA) is 58.3 Å². The first-order valence-electron chi connectivity index (χ1n) is 10.4. The van der Waals surface area contributed by atoms with Crippen molar-refractivity contribution in [3.63, 3.8) is 0 Å². The fraction of sp³-hybridized carbons (Fsp3) is 0.619. The molecule has 3 amide bonds. The maximum atomic E-state index is 13.0. The van der Waals surface area contributed by atoms with Gasteiger partial charge in [0.25, 0.3) is 5.91 Å². The van der Waals surface area contributed by atoms with Gasteiger partial charge in [0.15, 0.2) is 6.67 Å². The van der Waals surface area contributed by atoms with Gasteiger partial charge in [-0.05, 0) is 30.7 Å². The summed E-state index contributed by atoms with van der Waals surface area (Å²) in [6.45, 7) is 4.48. The average Bonchev–Trinajstić information content (AvgIpc) is 2.91. The van der Waals surface area contributed by atoms with Gasteiger partial charge in [-0.25, -0.2) is 9.69 Å². The van der Waals surface area contributed by atoms with Crippen molar-refractivity contribution in [2.24, 2.45) is 5.92 Å². The van der Waals surface area contributed by atoms with E-state index in [1.165, 1.54) is 20.3 Å². The molecule has 0 radical (unpaired) electrons. The van der Waals surface area contributed by atoms with E-state index in [-0.39, 0.29) is 11.9 Å². The number of nitrogens with zero attached hydrogens (tertiary/aromatic N) is 1. The van der Waals surface area contributed by atoms with Crippen molar-refractivity contribution in [3.8, 4) is 0 Å². The second-order valence-electron chi connectivity index (χ2n) is 8.74. The number of piperidine rings is 2. The van der Waals surface area contributed by atoms with Crippen LogP contribution < -0.4 is 15.1 Å². The van der Waals surface area contributed by atoms with Crippen molar-refractivity contribution in [2.45, 2.75) is 37.6 Å². The van der Waals surface area contributed by atoms with E-state index in [0.717, 1.165) is 58.3 Å². The van der Waals surface area contributed by atoms with Gasteiger partial charge in [-0.3, -0.25) is 4.79 Å². The van der Waals surface area contributed by atoms with Crippen molar-refractivity contribution in [2.75, 3.05) is 39.9 Å². The molecule has 0 bridgehead atoms. The molecule has 0 atom stereocenters. The predicted octanol–water partition coefficient (Wildman–Crippen LogP) is -0.919. The Labute approximate surface area is 161 Å². The number of benzene rings is 1. The van der Waals surface area contributed by atoms with E-state index in [0.29, 0.717) is 12.6 Å². The summed E-state index contributed by atoms with van der Waals surface area (Å²) < 4.78 is 0. The number of carbonyl (C=O) groups is 2. The highest BCUT2D eigenvalue weighted by Crippen LogP contribution is 2.25. The highest BCUT2D eigenvalue weighted by molar-refractivity contribution is 6.06. The molecule has 27 heavy (non-hydrogen) atoms. The Morgan fingerprint density at radius 3 is 2.41 bits per heavy atom. The second kappa shape index (κ2) is 7.60. The molecule has 3 fully saturated rings. The zero-order valence-corrected chi connectivity index (χ0v) is 16.3. The van der Waals surface area contributed by atoms with Gasteiger partial charge >= 0.3 is 6.03 Å². The number of carbonyl (C=O) groups excluding carboxylic acids is 2. The fourth-order valence-corrected chi connectivity index (χ4v) is 4.88. The van der Waals surface area contributed by atoms with E-state index in [1.54, 1.807) is 0 Å². The zero-order chi connectivity index (χ0) is 18.9. The molecule has 3 saturated heterocycles. The van der Waals surface area contributed by atoms with Crippen molar-refractivity contribution in [1.29, 1.82) is 0 Å². The summed E-state index contributed by atoms with van der Waals surface area (Å²) >= 11 is 0. The van der Waals surface area contributed by atoms with Gasteiger partial charge in [0, 0.05) is 12.8 Å². The number of rotatable bonds is 4. The molecule has 0 aromatic heterocycles. The Hall–Kier alpha value is -1.92. The van der Waals surface area contributed by atoms with Gasteiger partial charge in [0.1, 0.15) is 5.54 Å². The summed E-state index contributed by atoms with van der Waals surface area (Å²) in [7, 11) is 2.15. The van der Waals surface area contributed by atoms with Crippen LogP contribution in [0.4, 0.5) is 4.79 Å². The van der Waals surface area contributed by atoms with Gasteiger partial charge in [-0.2, -0.15) is 0 Å². The number of likely N-dealkylation sites (tertiary alicyclic amines) is 2. The molecule has 3 aliphatic rings. The maximum absolute atomic E-state index is 13.0. The van der Waals surface area contributed by atoms with E-state index in [1.807, 2.05) is 0 Å². The molecule has 1 aromatic rings. The van der Waals surface area contributed by atoms with Crippen LogP contribution in [0, 0.1) is 5.92 Å². The molecule has 3 aliphatic heterocycles. The largest absolute Gasteiger partial charge is 0.337 e. The SMILES string of the molecule is C[NH+]1CCC2(CC1)NC(=O)N(C[NH+]1CCC(Cc3ccccc3)CC1)C2=O. The number of quaternary nitrogens is 2. The van der Waals surface area contributed by atoms with Crippen LogP contribution >= 0.6 is 0 Å². The van der Waals surface area contributed by atoms with Crippen molar-refractivity contribution in [3.05, 3.63) is 35.9 Å². The molecule has 6 heteroatoms. The smallest absolute Gasteiger partial charge is 0.329 e. The second-order valence-corrected chi connectivity index (χ2v) is 8.74. The van der Waals surface area contributed by atoms with E-state index in [9.17, 15) is 9.59 Å². The number of hydrogen-bond acceptors (Lipinski definition) is 2. The summed E-state index contributed by atoms with van der Waals surface area (Å²) in [4.78, 5) is 29.8. The lowest BCUT2D eigenvalue weighted by molar-refractivity contribution is -0.913. The molecule has 1 spiro atoms. The minimum atomic E-state index is -0.623. The third-order valence-corrected chi connectivity index (χ3v) is 6.76. The molecule has 3 heterocycles. The van der Waals surface area contributed by atoms with Crippen LogP contribution in [0.5, 0.6) is 0 Å². The Morgan fingerprint density at radius 1 is 1.07 bits per heavy atom. The van der Waals surface area contributed by atoms with Gasteiger partial charge in [0.05, 0.1) is 33.2 Å². The van der Waals surface area contributed by atoms with Gasteiger partial charge in [0.2, 0.25) is 0 Å². The lowest BCUT2D eigenvalue weighted by atomic mass is 9.87. The van der Waals surface area contributed by atoms with Crippen LogP contribution in [-0.2, 0) is 11.2 Å². The third kappa shape index (κ3) is 3.87. The lowest BCUT2D eigenvalue weighted by Crippen LogP contribution is -3.14. The molecular formula is C21H32N4O2+2. The summed E-state index contributed by atoms with van der Waals surface area (Å²) in [6, 6.07) is 10.5. The third-order valence-electron chi connectivity index (χ3n) is 6.76. The molecule has 0 unspecified atom stereocenters. The molecule has 1 aromatic carbocycles. The Kier molecular flexibility index (Phi) is 5.19. The van der Waals surface area contributed by atoms with Gasteiger partial charge in [-0.15, -0.1) is 0 Å². The van der Waals surface area contributed by atoms with E-state index in [4.69, 9.17) is 0 Å². The highest BCUT2D eigenvalue weighted by atomic mass is 16.2. The molecule has 4 rings (SSSR count). The first-order chi connectivity index (χ1) is 13.1. The number of nitrogens with one attached hydrogen (secondary N) is 3. The Bertz CT molecular complexity index is 677. The summed E-state index contributed by atoms with van der Waals surface area (Å²) in [6.07, 6.45) is 4.97. The van der Waals surface area contributed by atoms with Gasteiger partial charge in [-0.1, -0.05) is 30.3 Å². The number of hydrogen-bond donors (Lipinski definition) is 3.